The average Bonchev–Trinajstić information content (AvgIpc) is 2.63. The van der Waals surface area contributed by atoms with E-state index in [-0.39, 0.29) is 11.7 Å². The Hall–Kier alpha value is -2.15. The van der Waals surface area contributed by atoms with Crippen molar-refractivity contribution in [3.05, 3.63) is 64.5 Å². The fourth-order valence-electron chi connectivity index (χ4n) is 2.18. The van der Waals surface area contributed by atoms with Gasteiger partial charge in [-0.15, -0.1) is 0 Å². The van der Waals surface area contributed by atoms with Crippen LogP contribution in [0.3, 0.4) is 0 Å². The molecule has 0 radical (unpaired) electrons. The maximum absolute atomic E-state index is 12.2. The number of aromatic nitrogens is 3. The molecule has 8 heteroatoms. The van der Waals surface area contributed by atoms with Gasteiger partial charge in [-0.3, -0.25) is 9.78 Å². The summed E-state index contributed by atoms with van der Waals surface area (Å²) in [7, 11) is 0. The van der Waals surface area contributed by atoms with Gasteiger partial charge in [0.2, 0.25) is 5.91 Å². The van der Waals surface area contributed by atoms with E-state index >= 15 is 0 Å². The molecule has 0 unspecified atom stereocenters. The molecular formula is C18H14Cl2N4OS. The number of nitrogens with zero attached hydrogens (tertiary/aromatic N) is 3. The van der Waals surface area contributed by atoms with Gasteiger partial charge in [0.05, 0.1) is 27.9 Å². The van der Waals surface area contributed by atoms with Crippen molar-refractivity contribution in [1.29, 1.82) is 0 Å². The summed E-state index contributed by atoms with van der Waals surface area (Å²) in [5, 5.41) is 4.39. The second-order valence-corrected chi connectivity index (χ2v) is 7.15. The first-order valence-electron chi connectivity index (χ1n) is 7.66. The van der Waals surface area contributed by atoms with Crippen molar-refractivity contribution in [2.24, 2.45) is 0 Å². The van der Waals surface area contributed by atoms with E-state index in [0.29, 0.717) is 26.6 Å². The summed E-state index contributed by atoms with van der Waals surface area (Å²) in [6.07, 6.45) is 1.71. The number of nitrogens with one attached hydrogen (secondary N) is 1. The second kappa shape index (κ2) is 8.49. The van der Waals surface area contributed by atoms with Crippen LogP contribution < -0.4 is 5.32 Å². The topological polar surface area (TPSA) is 67.8 Å². The Kier molecular flexibility index (Phi) is 6.08. The van der Waals surface area contributed by atoms with Crippen molar-refractivity contribution in [2.45, 2.75) is 11.9 Å². The number of hydrogen-bond donors (Lipinski definition) is 1. The first kappa shape index (κ1) is 18.6. The van der Waals surface area contributed by atoms with E-state index < -0.39 is 0 Å². The molecule has 3 rings (SSSR count). The molecule has 1 N–H and O–H groups in total. The number of aryl methyl sites for hydroxylation is 1. The normalized spacial score (nSPS) is 10.6. The Morgan fingerprint density at radius 1 is 1.12 bits per heavy atom. The predicted molar refractivity (Wildman–Crippen MR) is 106 cm³/mol. The van der Waals surface area contributed by atoms with Crippen LogP contribution in [0, 0.1) is 6.92 Å². The highest BCUT2D eigenvalue weighted by molar-refractivity contribution is 7.99. The van der Waals surface area contributed by atoms with E-state index in [9.17, 15) is 4.79 Å². The lowest BCUT2D eigenvalue weighted by Crippen LogP contribution is -2.14. The minimum absolute atomic E-state index is 0.182. The van der Waals surface area contributed by atoms with Crippen LogP contribution in [-0.4, -0.2) is 26.6 Å². The van der Waals surface area contributed by atoms with Gasteiger partial charge in [0.1, 0.15) is 10.9 Å². The average molecular weight is 405 g/mol. The lowest BCUT2D eigenvalue weighted by Gasteiger charge is -2.08. The molecule has 0 atom stereocenters. The van der Waals surface area contributed by atoms with Gasteiger partial charge in [0, 0.05) is 11.2 Å². The maximum atomic E-state index is 12.2. The molecule has 0 spiro atoms. The maximum Gasteiger partial charge on any atom is 0.234 e. The van der Waals surface area contributed by atoms with Crippen molar-refractivity contribution in [3.8, 4) is 11.4 Å². The molecule has 3 aromatic rings. The monoisotopic (exact) mass is 404 g/mol. The highest BCUT2D eigenvalue weighted by Crippen LogP contribution is 2.26. The molecule has 0 aliphatic carbocycles. The summed E-state index contributed by atoms with van der Waals surface area (Å²) >= 11 is 13.3. The molecule has 5 nitrogen and oxygen atoms in total. The SMILES string of the molecule is Cc1nc(SCC(=O)Nc2cc(Cl)ccc2Cl)cc(-c2ccccn2)n1. The quantitative estimate of drug-likeness (QED) is 0.484. The number of pyridine rings is 1. The summed E-state index contributed by atoms with van der Waals surface area (Å²) < 4.78 is 0. The zero-order valence-corrected chi connectivity index (χ0v) is 16.1. The Morgan fingerprint density at radius 3 is 2.73 bits per heavy atom. The molecule has 1 aromatic carbocycles. The van der Waals surface area contributed by atoms with Crippen molar-refractivity contribution < 1.29 is 4.79 Å². The summed E-state index contributed by atoms with van der Waals surface area (Å²) in [6.45, 7) is 1.81. The first-order valence-corrected chi connectivity index (χ1v) is 9.40. The van der Waals surface area contributed by atoms with Crippen LogP contribution >= 0.6 is 35.0 Å². The fraction of sp³-hybridized carbons (Fsp3) is 0.111. The van der Waals surface area contributed by atoms with Gasteiger partial charge in [-0.05, 0) is 43.3 Å². The number of rotatable bonds is 5. The van der Waals surface area contributed by atoms with Crippen LogP contribution in [0.2, 0.25) is 10.0 Å². The summed E-state index contributed by atoms with van der Waals surface area (Å²) in [5.41, 5.74) is 1.96. The molecular weight excluding hydrogens is 391 g/mol. The third kappa shape index (κ3) is 4.94. The van der Waals surface area contributed by atoms with Crippen LogP contribution in [0.5, 0.6) is 0 Å². The fourth-order valence-corrected chi connectivity index (χ4v) is 3.26. The van der Waals surface area contributed by atoms with Gasteiger partial charge >= 0.3 is 0 Å². The van der Waals surface area contributed by atoms with Crippen molar-refractivity contribution in [1.82, 2.24) is 15.0 Å². The van der Waals surface area contributed by atoms with Gasteiger partial charge in [0.15, 0.2) is 0 Å². The lowest BCUT2D eigenvalue weighted by atomic mass is 10.2. The molecule has 2 heterocycles. The van der Waals surface area contributed by atoms with Crippen molar-refractivity contribution >= 4 is 46.6 Å². The molecule has 0 fully saturated rings. The third-order valence-corrected chi connectivity index (χ3v) is 4.77. The molecule has 1 amide bonds. The predicted octanol–water partition coefficient (Wildman–Crippen LogP) is 4.88. The summed E-state index contributed by atoms with van der Waals surface area (Å²) in [5.74, 6) is 0.602. The molecule has 0 aliphatic rings. The van der Waals surface area contributed by atoms with Crippen LogP contribution in [0.4, 0.5) is 5.69 Å². The number of carbonyl (C=O) groups is 1. The summed E-state index contributed by atoms with van der Waals surface area (Å²) in [4.78, 5) is 25.3. The number of thioether (sulfide) groups is 1. The van der Waals surface area contributed by atoms with Crippen LogP contribution in [0.25, 0.3) is 11.4 Å². The number of halogens is 2. The molecule has 0 saturated heterocycles. The van der Waals surface area contributed by atoms with E-state index in [1.165, 1.54) is 11.8 Å². The van der Waals surface area contributed by atoms with Gasteiger partial charge in [0.25, 0.3) is 0 Å². The highest BCUT2D eigenvalue weighted by Gasteiger charge is 2.10. The Balaban J connectivity index is 1.68. The number of carbonyl (C=O) groups excluding carboxylic acids is 1. The van der Waals surface area contributed by atoms with E-state index in [2.05, 4.69) is 20.3 Å². The van der Waals surface area contributed by atoms with E-state index in [4.69, 9.17) is 23.2 Å². The van der Waals surface area contributed by atoms with Crippen molar-refractivity contribution in [2.75, 3.05) is 11.1 Å². The Labute approximate surface area is 165 Å². The number of benzene rings is 1. The highest BCUT2D eigenvalue weighted by atomic mass is 35.5. The van der Waals surface area contributed by atoms with Crippen molar-refractivity contribution in [3.63, 3.8) is 0 Å². The molecule has 0 aliphatic heterocycles. The van der Waals surface area contributed by atoms with E-state index in [1.807, 2.05) is 31.2 Å². The van der Waals surface area contributed by atoms with Gasteiger partial charge in [-0.2, -0.15) is 0 Å². The smallest absolute Gasteiger partial charge is 0.234 e. The van der Waals surface area contributed by atoms with Crippen LogP contribution in [0.15, 0.2) is 53.7 Å². The number of anilines is 1. The van der Waals surface area contributed by atoms with E-state index in [0.717, 1.165) is 11.4 Å². The summed E-state index contributed by atoms with van der Waals surface area (Å²) in [6, 6.07) is 12.4. The molecule has 2 aromatic heterocycles. The largest absolute Gasteiger partial charge is 0.324 e. The Morgan fingerprint density at radius 2 is 1.96 bits per heavy atom. The zero-order chi connectivity index (χ0) is 18.5. The third-order valence-electron chi connectivity index (χ3n) is 3.30. The molecule has 132 valence electrons. The molecule has 0 bridgehead atoms. The standard InChI is InChI=1S/C18H14Cl2N4OS/c1-11-22-16(14-4-2-3-7-21-14)9-18(23-11)26-10-17(25)24-15-8-12(19)5-6-13(15)20/h2-9H,10H2,1H3,(H,24,25). The first-order chi connectivity index (χ1) is 12.5. The van der Waals surface area contributed by atoms with Gasteiger partial charge < -0.3 is 5.32 Å². The van der Waals surface area contributed by atoms with E-state index in [1.54, 1.807) is 24.4 Å². The zero-order valence-electron chi connectivity index (χ0n) is 13.7. The molecule has 26 heavy (non-hydrogen) atoms. The second-order valence-electron chi connectivity index (χ2n) is 5.31. The van der Waals surface area contributed by atoms with Gasteiger partial charge in [-0.25, -0.2) is 9.97 Å². The number of amides is 1. The minimum atomic E-state index is -0.199. The van der Waals surface area contributed by atoms with Gasteiger partial charge in [-0.1, -0.05) is 41.0 Å². The van der Waals surface area contributed by atoms with Crippen LogP contribution in [0.1, 0.15) is 5.82 Å². The Bertz CT molecular complexity index is 938. The molecule has 0 saturated carbocycles. The lowest BCUT2D eigenvalue weighted by molar-refractivity contribution is -0.113. The minimum Gasteiger partial charge on any atom is -0.324 e. The number of hydrogen-bond acceptors (Lipinski definition) is 5. The van der Waals surface area contributed by atoms with Crippen LogP contribution in [-0.2, 0) is 4.79 Å².